The van der Waals surface area contributed by atoms with Crippen LogP contribution in [0.25, 0.3) is 0 Å². The van der Waals surface area contributed by atoms with Crippen LogP contribution in [0.5, 0.6) is 0 Å². The monoisotopic (exact) mass is 242 g/mol. The number of carbonyl (C=O) groups is 2. The smallest absolute Gasteiger partial charge is 0.303 e. The third kappa shape index (κ3) is 2.10. The van der Waals surface area contributed by atoms with Crippen LogP contribution < -0.4 is 0 Å². The van der Waals surface area contributed by atoms with E-state index in [2.05, 4.69) is 0 Å². The molecule has 4 heteroatoms. The molecule has 0 amide bonds. The van der Waals surface area contributed by atoms with Crippen molar-refractivity contribution >= 4 is 11.8 Å². The van der Waals surface area contributed by atoms with Gasteiger partial charge < -0.3 is 9.84 Å². The molecule has 0 bridgehead atoms. The lowest BCUT2D eigenvalue weighted by molar-refractivity contribution is -0.164. The minimum absolute atomic E-state index is 0.115. The minimum Gasteiger partial charge on any atom is -0.458 e. The van der Waals surface area contributed by atoms with E-state index in [1.54, 1.807) is 0 Å². The maximum atomic E-state index is 12.1. The largest absolute Gasteiger partial charge is 0.458 e. The second kappa shape index (κ2) is 4.41. The molecule has 3 atom stereocenters. The van der Waals surface area contributed by atoms with Gasteiger partial charge in [0.2, 0.25) is 5.78 Å². The van der Waals surface area contributed by atoms with Crippen molar-refractivity contribution in [2.75, 3.05) is 6.61 Å². The predicted octanol–water partition coefficient (Wildman–Crippen LogP) is 1.55. The van der Waals surface area contributed by atoms with Crippen molar-refractivity contribution in [3.63, 3.8) is 0 Å². The zero-order chi connectivity index (χ0) is 13.4. The Kier molecular flexibility index (Phi) is 3.67. The van der Waals surface area contributed by atoms with Crippen molar-refractivity contribution in [1.82, 2.24) is 0 Å². The summed E-state index contributed by atoms with van der Waals surface area (Å²) in [5, 5.41) is 10.7. The van der Waals surface area contributed by atoms with Crippen molar-refractivity contribution in [3.8, 4) is 0 Å². The molecule has 0 radical (unpaired) electrons. The fourth-order valence-corrected chi connectivity index (χ4v) is 2.92. The van der Waals surface area contributed by atoms with Gasteiger partial charge in [0.25, 0.3) is 0 Å². The van der Waals surface area contributed by atoms with E-state index in [-0.39, 0.29) is 18.4 Å². The molecule has 0 aromatic rings. The first-order valence-electron chi connectivity index (χ1n) is 6.03. The molecule has 1 aliphatic carbocycles. The third-order valence-electron chi connectivity index (χ3n) is 4.47. The molecule has 1 aliphatic rings. The SMILES string of the molecule is CC(=O)OCC(=O)[C@@]1(O)[C@@H](C)C[C@@H](C)C1(C)C. The fraction of sp³-hybridized carbons (Fsp3) is 0.846. The molecular formula is C13H22O4. The summed E-state index contributed by atoms with van der Waals surface area (Å²) in [6.07, 6.45) is 0.801. The number of hydrogen-bond donors (Lipinski definition) is 1. The molecular weight excluding hydrogens is 220 g/mol. The van der Waals surface area contributed by atoms with Gasteiger partial charge in [0, 0.05) is 12.3 Å². The van der Waals surface area contributed by atoms with Crippen molar-refractivity contribution < 1.29 is 19.4 Å². The highest BCUT2D eigenvalue weighted by Crippen LogP contribution is 2.53. The Bertz CT molecular complexity index is 334. The van der Waals surface area contributed by atoms with Gasteiger partial charge in [-0.3, -0.25) is 9.59 Å². The van der Waals surface area contributed by atoms with Gasteiger partial charge in [-0.25, -0.2) is 0 Å². The molecule has 4 nitrogen and oxygen atoms in total. The van der Waals surface area contributed by atoms with Crippen LogP contribution in [-0.4, -0.2) is 29.1 Å². The number of hydrogen-bond acceptors (Lipinski definition) is 4. The first-order valence-corrected chi connectivity index (χ1v) is 6.03. The van der Waals surface area contributed by atoms with Gasteiger partial charge in [-0.2, -0.15) is 0 Å². The molecule has 1 rings (SSSR count). The Labute approximate surface area is 102 Å². The van der Waals surface area contributed by atoms with Crippen LogP contribution >= 0.6 is 0 Å². The van der Waals surface area contributed by atoms with Crippen molar-refractivity contribution in [2.45, 2.75) is 46.6 Å². The van der Waals surface area contributed by atoms with Gasteiger partial charge in [-0.15, -0.1) is 0 Å². The zero-order valence-corrected chi connectivity index (χ0v) is 11.2. The molecule has 1 fully saturated rings. The molecule has 0 heterocycles. The highest BCUT2D eigenvalue weighted by molar-refractivity contribution is 5.91. The molecule has 0 aromatic heterocycles. The van der Waals surface area contributed by atoms with E-state index >= 15 is 0 Å². The molecule has 0 aliphatic heterocycles. The van der Waals surface area contributed by atoms with Gasteiger partial charge in [0.15, 0.2) is 6.61 Å². The lowest BCUT2D eigenvalue weighted by Gasteiger charge is -2.39. The minimum atomic E-state index is -1.40. The molecule has 1 saturated carbocycles. The lowest BCUT2D eigenvalue weighted by Crippen LogP contribution is -2.54. The summed E-state index contributed by atoms with van der Waals surface area (Å²) in [4.78, 5) is 22.8. The van der Waals surface area contributed by atoms with E-state index in [0.29, 0.717) is 0 Å². The van der Waals surface area contributed by atoms with Crippen molar-refractivity contribution in [1.29, 1.82) is 0 Å². The van der Waals surface area contributed by atoms with Crippen LogP contribution in [0.3, 0.4) is 0 Å². The molecule has 17 heavy (non-hydrogen) atoms. The Morgan fingerprint density at radius 3 is 2.18 bits per heavy atom. The van der Waals surface area contributed by atoms with Gasteiger partial charge in [0.1, 0.15) is 5.60 Å². The first-order chi connectivity index (χ1) is 7.64. The maximum Gasteiger partial charge on any atom is 0.303 e. The summed E-state index contributed by atoms with van der Waals surface area (Å²) in [5.74, 6) is -0.757. The average molecular weight is 242 g/mol. The quantitative estimate of drug-likeness (QED) is 0.763. The van der Waals surface area contributed by atoms with Crippen LogP contribution in [0.4, 0.5) is 0 Å². The van der Waals surface area contributed by atoms with E-state index in [1.807, 2.05) is 27.7 Å². The van der Waals surface area contributed by atoms with Crippen molar-refractivity contribution in [2.24, 2.45) is 17.3 Å². The van der Waals surface area contributed by atoms with Gasteiger partial charge in [0.05, 0.1) is 0 Å². The summed E-state index contributed by atoms with van der Waals surface area (Å²) >= 11 is 0. The summed E-state index contributed by atoms with van der Waals surface area (Å²) < 4.78 is 4.71. The Hall–Kier alpha value is -0.900. The van der Waals surface area contributed by atoms with Gasteiger partial charge in [-0.1, -0.05) is 27.7 Å². The van der Waals surface area contributed by atoms with E-state index in [1.165, 1.54) is 6.92 Å². The molecule has 98 valence electrons. The van der Waals surface area contributed by atoms with Crippen LogP contribution in [0, 0.1) is 17.3 Å². The second-order valence-corrected chi connectivity index (χ2v) is 5.73. The van der Waals surface area contributed by atoms with Crippen molar-refractivity contribution in [3.05, 3.63) is 0 Å². The number of esters is 1. The normalized spacial score (nSPS) is 35.6. The van der Waals surface area contributed by atoms with E-state index < -0.39 is 22.8 Å². The van der Waals surface area contributed by atoms with Gasteiger partial charge >= 0.3 is 5.97 Å². The molecule has 0 saturated heterocycles. The first kappa shape index (κ1) is 14.2. The average Bonchev–Trinajstić information content (AvgIpc) is 2.37. The number of aliphatic hydroxyl groups is 1. The molecule has 1 N–H and O–H groups in total. The highest BCUT2D eigenvalue weighted by atomic mass is 16.5. The highest BCUT2D eigenvalue weighted by Gasteiger charge is 2.60. The summed E-state index contributed by atoms with van der Waals surface area (Å²) in [5.41, 5.74) is -1.90. The lowest BCUT2D eigenvalue weighted by atomic mass is 9.69. The number of ketones is 1. The predicted molar refractivity (Wildman–Crippen MR) is 63.3 cm³/mol. The van der Waals surface area contributed by atoms with Crippen LogP contribution in [0.1, 0.15) is 41.0 Å². The number of Topliss-reactive ketones (excluding diaryl/α,β-unsaturated/α-hetero) is 1. The molecule has 0 aromatic carbocycles. The number of carbonyl (C=O) groups excluding carboxylic acids is 2. The standard InChI is InChI=1S/C13H22O4/c1-8-6-9(2)13(16,12(8,4)5)11(15)7-17-10(3)14/h8-9,16H,6-7H2,1-5H3/t8-,9+,13+/m1/s1. The summed E-state index contributed by atoms with van der Waals surface area (Å²) in [7, 11) is 0. The Balaban J connectivity index is 2.92. The number of rotatable bonds is 3. The van der Waals surface area contributed by atoms with E-state index in [4.69, 9.17) is 4.74 Å². The molecule has 0 unspecified atom stereocenters. The summed E-state index contributed by atoms with van der Waals surface area (Å²) in [6.45, 7) is 8.61. The van der Waals surface area contributed by atoms with E-state index in [9.17, 15) is 14.7 Å². The number of ether oxygens (including phenoxy) is 1. The fourth-order valence-electron chi connectivity index (χ4n) is 2.92. The third-order valence-corrected chi connectivity index (χ3v) is 4.47. The topological polar surface area (TPSA) is 63.6 Å². The van der Waals surface area contributed by atoms with E-state index in [0.717, 1.165) is 6.42 Å². The Morgan fingerprint density at radius 1 is 1.29 bits per heavy atom. The summed E-state index contributed by atoms with van der Waals surface area (Å²) in [6, 6.07) is 0. The van der Waals surface area contributed by atoms with Crippen LogP contribution in [-0.2, 0) is 14.3 Å². The molecule has 0 spiro atoms. The second-order valence-electron chi connectivity index (χ2n) is 5.73. The zero-order valence-electron chi connectivity index (χ0n) is 11.2. The Morgan fingerprint density at radius 2 is 1.82 bits per heavy atom. The van der Waals surface area contributed by atoms with Crippen LogP contribution in [0.2, 0.25) is 0 Å². The van der Waals surface area contributed by atoms with Crippen LogP contribution in [0.15, 0.2) is 0 Å². The van der Waals surface area contributed by atoms with Gasteiger partial charge in [-0.05, 0) is 18.3 Å². The maximum absolute atomic E-state index is 12.1.